The van der Waals surface area contributed by atoms with Crippen molar-refractivity contribution in [3.8, 4) is 5.75 Å². The summed E-state index contributed by atoms with van der Waals surface area (Å²) in [6, 6.07) is 5.33. The van der Waals surface area contributed by atoms with Crippen LogP contribution in [0.2, 0.25) is 5.02 Å². The van der Waals surface area contributed by atoms with Crippen LogP contribution in [-0.2, 0) is 0 Å². The highest BCUT2D eigenvalue weighted by molar-refractivity contribution is 6.31. The Bertz CT molecular complexity index is 742. The topological polar surface area (TPSA) is 50.7 Å². The normalized spacial score (nSPS) is 19.8. The van der Waals surface area contributed by atoms with E-state index < -0.39 is 0 Å². The van der Waals surface area contributed by atoms with E-state index in [2.05, 4.69) is 31.1 Å². The van der Waals surface area contributed by atoms with E-state index in [0.29, 0.717) is 17.3 Å². The van der Waals surface area contributed by atoms with Crippen molar-refractivity contribution in [2.24, 2.45) is 10.4 Å². The minimum atomic E-state index is -0.333. The highest BCUT2D eigenvalue weighted by Gasteiger charge is 2.25. The van der Waals surface area contributed by atoms with E-state index >= 15 is 0 Å². The molecule has 1 aromatic rings. The third kappa shape index (κ3) is 3.48. The number of rotatable bonds is 3. The zero-order valence-corrected chi connectivity index (χ0v) is 14.1. The number of benzene rings is 1. The van der Waals surface area contributed by atoms with Crippen molar-refractivity contribution in [2.75, 3.05) is 6.61 Å². The van der Waals surface area contributed by atoms with Crippen LogP contribution in [0.5, 0.6) is 5.75 Å². The molecule has 0 fully saturated rings. The Kier molecular flexibility index (Phi) is 4.02. The summed E-state index contributed by atoms with van der Waals surface area (Å²) in [5.74, 6) is 0.703. The van der Waals surface area contributed by atoms with Crippen LogP contribution in [0.4, 0.5) is 4.79 Å². The van der Waals surface area contributed by atoms with Crippen molar-refractivity contribution in [3.63, 3.8) is 0 Å². The second kappa shape index (κ2) is 5.85. The van der Waals surface area contributed by atoms with Gasteiger partial charge in [-0.2, -0.15) is 4.99 Å². The summed E-state index contributed by atoms with van der Waals surface area (Å²) in [4.78, 5) is 15.3. The maximum Gasteiger partial charge on any atom is 0.346 e. The number of aliphatic imine (C=N–C) groups is 1. The molecule has 2 aliphatic rings. The minimum absolute atomic E-state index is 0.0553. The van der Waals surface area contributed by atoms with Gasteiger partial charge in [-0.1, -0.05) is 44.5 Å². The molecule has 0 bridgehead atoms. The molecule has 0 aromatic heterocycles. The second-order valence-corrected chi connectivity index (χ2v) is 7.30. The Balaban J connectivity index is 1.93. The van der Waals surface area contributed by atoms with Crippen LogP contribution in [0.15, 0.2) is 47.1 Å². The van der Waals surface area contributed by atoms with Gasteiger partial charge in [0.25, 0.3) is 0 Å². The van der Waals surface area contributed by atoms with Gasteiger partial charge in [0.15, 0.2) is 0 Å². The summed E-state index contributed by atoms with van der Waals surface area (Å²) in [5.41, 5.74) is 2.35. The number of ether oxygens (including phenoxy) is 1. The number of carbonyl (C=O) groups is 1. The van der Waals surface area contributed by atoms with Crippen LogP contribution in [-0.4, -0.2) is 18.3 Å². The number of hydrogen-bond acceptors (Lipinski definition) is 2. The monoisotopic (exact) mass is 330 g/mol. The van der Waals surface area contributed by atoms with Gasteiger partial charge >= 0.3 is 6.03 Å². The van der Waals surface area contributed by atoms with Gasteiger partial charge < -0.3 is 10.1 Å². The first-order valence-electron chi connectivity index (χ1n) is 7.55. The molecular formula is C18H19ClN2O2. The molecule has 1 aliphatic carbocycles. The highest BCUT2D eigenvalue weighted by Crippen LogP contribution is 2.38. The van der Waals surface area contributed by atoms with Crippen LogP contribution in [0, 0.1) is 5.41 Å². The average molecular weight is 331 g/mol. The zero-order valence-electron chi connectivity index (χ0n) is 13.4. The maximum absolute atomic E-state index is 11.4. The molecule has 23 heavy (non-hydrogen) atoms. The van der Waals surface area contributed by atoms with E-state index in [1.807, 2.05) is 36.4 Å². The summed E-state index contributed by atoms with van der Waals surface area (Å²) in [6.07, 6.45) is 5.78. The second-order valence-electron chi connectivity index (χ2n) is 6.89. The molecule has 5 heteroatoms. The van der Waals surface area contributed by atoms with Crippen molar-refractivity contribution in [1.29, 1.82) is 0 Å². The van der Waals surface area contributed by atoms with E-state index in [-0.39, 0.29) is 17.4 Å². The number of allylic oxidation sites excluding steroid dienone is 3. The van der Waals surface area contributed by atoms with E-state index in [0.717, 1.165) is 17.0 Å². The summed E-state index contributed by atoms with van der Waals surface area (Å²) in [7, 11) is 0. The van der Waals surface area contributed by atoms with Gasteiger partial charge in [-0.25, -0.2) is 4.79 Å². The number of hydrogen-bond donors (Lipinski definition) is 1. The molecule has 3 rings (SSSR count). The molecule has 0 radical (unpaired) electrons. The number of carbonyl (C=O) groups excluding carboxylic acids is 1. The summed E-state index contributed by atoms with van der Waals surface area (Å²) >= 11 is 6.42. The molecule has 1 aliphatic heterocycles. The van der Waals surface area contributed by atoms with Crippen molar-refractivity contribution < 1.29 is 9.53 Å². The molecule has 0 saturated carbocycles. The number of amides is 2. The van der Waals surface area contributed by atoms with Crippen molar-refractivity contribution in [1.82, 2.24) is 5.32 Å². The molecule has 0 spiro atoms. The molecule has 1 heterocycles. The smallest absolute Gasteiger partial charge is 0.346 e. The number of urea groups is 1. The fourth-order valence-electron chi connectivity index (χ4n) is 2.50. The van der Waals surface area contributed by atoms with Crippen LogP contribution in [0.25, 0.3) is 0 Å². The quantitative estimate of drug-likeness (QED) is 0.889. The third-order valence-corrected chi connectivity index (χ3v) is 3.88. The molecule has 0 saturated heterocycles. The number of fused-ring (bicyclic) bond motifs is 1. The number of halogens is 1. The molecule has 1 N–H and O–H groups in total. The third-order valence-electron chi connectivity index (χ3n) is 3.55. The Morgan fingerprint density at radius 2 is 2.13 bits per heavy atom. The molecule has 1 aromatic carbocycles. The van der Waals surface area contributed by atoms with Crippen LogP contribution in [0.1, 0.15) is 32.3 Å². The minimum Gasteiger partial charge on any atom is -0.493 e. The number of nitrogens with one attached hydrogen (secondary N) is 1. The SMILES string of the molecule is CC(C)(C)COc1cccc(Cl)c1C1C=CC2=NC(=O)NC2=C1. The fraction of sp³-hybridized carbons (Fsp3) is 0.333. The van der Waals surface area contributed by atoms with Crippen molar-refractivity contribution in [3.05, 3.63) is 52.7 Å². The van der Waals surface area contributed by atoms with Gasteiger partial charge in [-0.05, 0) is 29.7 Å². The Hall–Kier alpha value is -2.07. The van der Waals surface area contributed by atoms with Gasteiger partial charge in [-0.15, -0.1) is 0 Å². The van der Waals surface area contributed by atoms with Crippen LogP contribution < -0.4 is 10.1 Å². The molecule has 4 nitrogen and oxygen atoms in total. The van der Waals surface area contributed by atoms with Crippen molar-refractivity contribution in [2.45, 2.75) is 26.7 Å². The van der Waals surface area contributed by atoms with E-state index in [9.17, 15) is 4.79 Å². The first kappa shape index (κ1) is 15.8. The average Bonchev–Trinajstić information content (AvgIpc) is 2.83. The maximum atomic E-state index is 11.4. The van der Waals surface area contributed by atoms with Gasteiger partial charge in [0, 0.05) is 16.5 Å². The zero-order chi connectivity index (χ0) is 16.6. The molecule has 120 valence electrons. The van der Waals surface area contributed by atoms with Crippen LogP contribution in [0.3, 0.4) is 0 Å². The molecule has 1 atom stereocenters. The summed E-state index contributed by atoms with van der Waals surface area (Å²) in [6.45, 7) is 6.96. The predicted octanol–water partition coefficient (Wildman–Crippen LogP) is 4.47. The molecular weight excluding hydrogens is 312 g/mol. The number of nitrogens with zero attached hydrogens (tertiary/aromatic N) is 1. The standard InChI is InChI=1S/C18H19ClN2O2/c1-18(2,3)10-23-15-6-4-5-12(19)16(15)11-7-8-13-14(9-11)21-17(22)20-13/h4-9,11H,10H2,1-3H3,(H,21,22). The van der Waals surface area contributed by atoms with Gasteiger partial charge in [0.2, 0.25) is 0 Å². The lowest BCUT2D eigenvalue weighted by atomic mass is 9.91. The Morgan fingerprint density at radius 1 is 1.35 bits per heavy atom. The lowest BCUT2D eigenvalue weighted by Gasteiger charge is -2.23. The lowest BCUT2D eigenvalue weighted by Crippen LogP contribution is -2.19. The summed E-state index contributed by atoms with van der Waals surface area (Å²) < 4.78 is 6.00. The molecule has 1 unspecified atom stereocenters. The fourth-order valence-corrected chi connectivity index (χ4v) is 2.79. The van der Waals surface area contributed by atoms with E-state index in [4.69, 9.17) is 16.3 Å². The lowest BCUT2D eigenvalue weighted by molar-refractivity contribution is 0.196. The highest BCUT2D eigenvalue weighted by atomic mass is 35.5. The van der Waals surface area contributed by atoms with E-state index in [1.165, 1.54) is 0 Å². The van der Waals surface area contributed by atoms with Crippen LogP contribution >= 0.6 is 11.6 Å². The van der Waals surface area contributed by atoms with Gasteiger partial charge in [-0.3, -0.25) is 0 Å². The molecule has 2 amide bonds. The largest absolute Gasteiger partial charge is 0.493 e. The Morgan fingerprint density at radius 3 is 2.87 bits per heavy atom. The Labute approximate surface area is 140 Å². The van der Waals surface area contributed by atoms with Crippen molar-refractivity contribution >= 4 is 23.3 Å². The predicted molar refractivity (Wildman–Crippen MR) is 92.3 cm³/mol. The first-order valence-corrected chi connectivity index (χ1v) is 7.92. The van der Waals surface area contributed by atoms with E-state index in [1.54, 1.807) is 0 Å². The van der Waals surface area contributed by atoms with Gasteiger partial charge in [0.1, 0.15) is 5.75 Å². The van der Waals surface area contributed by atoms with Gasteiger partial charge in [0.05, 0.1) is 18.0 Å². The first-order chi connectivity index (χ1) is 10.8. The summed E-state index contributed by atoms with van der Waals surface area (Å²) in [5, 5.41) is 3.38.